The number of nitrogens with two attached hydrogens (primary N) is 1. The fraction of sp³-hybridized carbons (Fsp3) is 0.318. The van der Waals surface area contributed by atoms with Crippen LogP contribution in [0.2, 0.25) is 0 Å². The molecule has 0 saturated carbocycles. The average molecular weight is 394 g/mol. The Bertz CT molecular complexity index is 958. The van der Waals surface area contributed by atoms with E-state index in [0.29, 0.717) is 36.8 Å². The van der Waals surface area contributed by atoms with Crippen LogP contribution in [0.4, 0.5) is 4.39 Å². The molecular formula is C22H23FN4O2. The molecule has 1 aliphatic heterocycles. The van der Waals surface area contributed by atoms with Gasteiger partial charge in [-0.05, 0) is 49.1 Å². The van der Waals surface area contributed by atoms with Gasteiger partial charge in [-0.1, -0.05) is 35.5 Å². The lowest BCUT2D eigenvalue weighted by Crippen LogP contribution is -2.48. The van der Waals surface area contributed by atoms with E-state index in [1.165, 1.54) is 12.1 Å². The topological polar surface area (TPSA) is 85.3 Å². The maximum absolute atomic E-state index is 13.1. The van der Waals surface area contributed by atoms with Crippen LogP contribution in [0.5, 0.6) is 0 Å². The molecule has 2 heterocycles. The summed E-state index contributed by atoms with van der Waals surface area (Å²) >= 11 is 0. The van der Waals surface area contributed by atoms with Crippen molar-refractivity contribution in [2.45, 2.75) is 31.2 Å². The number of likely N-dealkylation sites (tertiary alicyclic amines) is 1. The van der Waals surface area contributed by atoms with Crippen LogP contribution in [0, 0.1) is 5.82 Å². The van der Waals surface area contributed by atoms with Gasteiger partial charge in [-0.2, -0.15) is 4.98 Å². The molecule has 2 aromatic carbocycles. The Morgan fingerprint density at radius 2 is 1.97 bits per heavy atom. The van der Waals surface area contributed by atoms with E-state index in [1.807, 2.05) is 30.3 Å². The maximum atomic E-state index is 13.1. The first-order chi connectivity index (χ1) is 14.1. The van der Waals surface area contributed by atoms with Crippen LogP contribution in [-0.2, 0) is 11.2 Å². The summed E-state index contributed by atoms with van der Waals surface area (Å²) in [5.41, 5.74) is 7.92. The molecule has 29 heavy (non-hydrogen) atoms. The summed E-state index contributed by atoms with van der Waals surface area (Å²) in [7, 11) is 0. The molecule has 2 N–H and O–H groups in total. The molecule has 1 aromatic heterocycles. The van der Waals surface area contributed by atoms with Gasteiger partial charge in [0.15, 0.2) is 0 Å². The van der Waals surface area contributed by atoms with Crippen molar-refractivity contribution in [2.24, 2.45) is 5.73 Å². The molecule has 1 aliphatic rings. The van der Waals surface area contributed by atoms with E-state index in [0.717, 1.165) is 18.4 Å². The molecule has 0 spiro atoms. The van der Waals surface area contributed by atoms with Crippen molar-refractivity contribution in [1.82, 2.24) is 15.0 Å². The third kappa shape index (κ3) is 4.51. The summed E-state index contributed by atoms with van der Waals surface area (Å²) in [5, 5.41) is 4.02. The Hall–Kier alpha value is -3.06. The van der Waals surface area contributed by atoms with E-state index in [-0.39, 0.29) is 17.6 Å². The second-order valence-electron chi connectivity index (χ2n) is 7.38. The molecule has 1 saturated heterocycles. The van der Waals surface area contributed by atoms with E-state index in [9.17, 15) is 9.18 Å². The lowest BCUT2D eigenvalue weighted by atomic mass is 9.96. The number of hydrogen-bond acceptors (Lipinski definition) is 5. The molecule has 0 aliphatic carbocycles. The minimum absolute atomic E-state index is 0.0293. The van der Waals surface area contributed by atoms with E-state index < -0.39 is 6.04 Å². The molecular weight excluding hydrogens is 371 g/mol. The molecule has 1 amide bonds. The zero-order chi connectivity index (χ0) is 20.2. The van der Waals surface area contributed by atoms with Crippen LogP contribution in [0.1, 0.15) is 30.2 Å². The van der Waals surface area contributed by atoms with E-state index in [4.69, 9.17) is 10.3 Å². The zero-order valence-corrected chi connectivity index (χ0v) is 16.0. The first-order valence-corrected chi connectivity index (χ1v) is 9.78. The summed E-state index contributed by atoms with van der Waals surface area (Å²) < 4.78 is 18.6. The smallest absolute Gasteiger partial charge is 0.239 e. The predicted molar refractivity (Wildman–Crippen MR) is 106 cm³/mol. The number of aromatic nitrogens is 2. The highest BCUT2D eigenvalue weighted by molar-refractivity contribution is 5.82. The quantitative estimate of drug-likeness (QED) is 0.719. The number of rotatable bonds is 5. The van der Waals surface area contributed by atoms with Crippen LogP contribution in [-0.4, -0.2) is 40.1 Å². The lowest BCUT2D eigenvalue weighted by molar-refractivity contribution is -0.133. The first kappa shape index (κ1) is 19.3. The molecule has 6 nitrogen and oxygen atoms in total. The van der Waals surface area contributed by atoms with Crippen molar-refractivity contribution in [1.29, 1.82) is 0 Å². The van der Waals surface area contributed by atoms with Crippen LogP contribution in [0.15, 0.2) is 59.1 Å². The highest BCUT2D eigenvalue weighted by Gasteiger charge is 2.30. The van der Waals surface area contributed by atoms with Gasteiger partial charge < -0.3 is 15.2 Å². The van der Waals surface area contributed by atoms with Gasteiger partial charge >= 0.3 is 0 Å². The van der Waals surface area contributed by atoms with Crippen molar-refractivity contribution in [3.8, 4) is 11.4 Å². The van der Waals surface area contributed by atoms with Gasteiger partial charge in [0.25, 0.3) is 0 Å². The lowest BCUT2D eigenvalue weighted by Gasteiger charge is -2.32. The molecule has 0 radical (unpaired) electrons. The number of hydrogen-bond donors (Lipinski definition) is 1. The Kier molecular flexibility index (Phi) is 5.67. The largest absolute Gasteiger partial charge is 0.341 e. The maximum Gasteiger partial charge on any atom is 0.239 e. The molecule has 7 heteroatoms. The Morgan fingerprint density at radius 1 is 1.21 bits per heavy atom. The minimum atomic E-state index is -0.575. The van der Waals surface area contributed by atoms with Crippen LogP contribution >= 0.6 is 0 Å². The normalized spacial score (nSPS) is 17.9. The molecule has 0 bridgehead atoms. The highest BCUT2D eigenvalue weighted by atomic mass is 19.1. The molecule has 3 aromatic rings. The van der Waals surface area contributed by atoms with Gasteiger partial charge in [0.1, 0.15) is 5.82 Å². The van der Waals surface area contributed by atoms with Crippen LogP contribution in [0.3, 0.4) is 0 Å². The van der Waals surface area contributed by atoms with Crippen molar-refractivity contribution in [3.63, 3.8) is 0 Å². The Morgan fingerprint density at radius 3 is 2.72 bits per heavy atom. The van der Waals surface area contributed by atoms with Crippen molar-refractivity contribution in [2.75, 3.05) is 13.1 Å². The monoisotopic (exact) mass is 394 g/mol. The molecule has 2 atom stereocenters. The third-order valence-corrected chi connectivity index (χ3v) is 5.24. The van der Waals surface area contributed by atoms with E-state index >= 15 is 0 Å². The van der Waals surface area contributed by atoms with E-state index in [1.54, 1.807) is 17.0 Å². The number of halogens is 1. The summed E-state index contributed by atoms with van der Waals surface area (Å²) in [4.78, 5) is 19.1. The van der Waals surface area contributed by atoms with Crippen LogP contribution in [0.25, 0.3) is 11.4 Å². The average Bonchev–Trinajstić information content (AvgIpc) is 3.25. The summed E-state index contributed by atoms with van der Waals surface area (Å²) in [6, 6.07) is 15.1. The van der Waals surface area contributed by atoms with Crippen molar-refractivity contribution >= 4 is 5.91 Å². The fourth-order valence-electron chi connectivity index (χ4n) is 3.69. The molecule has 1 unspecified atom stereocenters. The van der Waals surface area contributed by atoms with Crippen molar-refractivity contribution in [3.05, 3.63) is 71.9 Å². The third-order valence-electron chi connectivity index (χ3n) is 5.24. The second kappa shape index (κ2) is 8.53. The van der Waals surface area contributed by atoms with E-state index in [2.05, 4.69) is 10.1 Å². The number of carbonyl (C=O) groups excluding carboxylic acids is 1. The van der Waals surface area contributed by atoms with Gasteiger partial charge in [0.05, 0.1) is 12.0 Å². The summed E-state index contributed by atoms with van der Waals surface area (Å²) in [5.74, 6) is 0.517. The first-order valence-electron chi connectivity index (χ1n) is 9.78. The highest BCUT2D eigenvalue weighted by Crippen LogP contribution is 2.28. The van der Waals surface area contributed by atoms with Crippen LogP contribution < -0.4 is 5.73 Å². The number of benzene rings is 2. The molecule has 4 rings (SSSR count). The standard InChI is InChI=1S/C22H23FN4O2/c23-18-10-8-16(9-11-18)20-25-21(29-26-20)17-7-4-12-27(14-17)22(28)19(24)13-15-5-2-1-3-6-15/h1-3,5-6,8-11,17,19H,4,7,12-14,24H2/t17?,19-/m0/s1. The number of amides is 1. The van der Waals surface area contributed by atoms with Gasteiger partial charge in [-0.15, -0.1) is 0 Å². The summed E-state index contributed by atoms with van der Waals surface area (Å²) in [6.45, 7) is 1.18. The van der Waals surface area contributed by atoms with Crippen molar-refractivity contribution < 1.29 is 13.7 Å². The van der Waals surface area contributed by atoms with Gasteiger partial charge in [0.2, 0.25) is 17.6 Å². The van der Waals surface area contributed by atoms with Gasteiger partial charge in [-0.25, -0.2) is 4.39 Å². The second-order valence-corrected chi connectivity index (χ2v) is 7.38. The zero-order valence-electron chi connectivity index (χ0n) is 16.0. The van der Waals surface area contributed by atoms with Gasteiger partial charge in [-0.3, -0.25) is 4.79 Å². The molecule has 1 fully saturated rings. The summed E-state index contributed by atoms with van der Waals surface area (Å²) in [6.07, 6.45) is 2.22. The number of nitrogens with zero attached hydrogens (tertiary/aromatic N) is 3. The Balaban J connectivity index is 1.41. The Labute approximate surface area is 168 Å². The molecule has 150 valence electrons. The number of carbonyl (C=O) groups is 1. The van der Waals surface area contributed by atoms with Gasteiger partial charge in [0, 0.05) is 18.7 Å². The number of piperidine rings is 1. The predicted octanol–water partition coefficient (Wildman–Crippen LogP) is 3.15. The SMILES string of the molecule is N[C@@H](Cc1ccccc1)C(=O)N1CCCC(c2nc(-c3ccc(F)cc3)no2)C1. The fourth-order valence-corrected chi connectivity index (χ4v) is 3.69. The minimum Gasteiger partial charge on any atom is -0.341 e.